The molecule has 0 aliphatic carbocycles. The van der Waals surface area contributed by atoms with E-state index in [1.165, 1.54) is 0 Å². The van der Waals surface area contributed by atoms with Crippen molar-refractivity contribution in [2.75, 3.05) is 0 Å². The molecular weight excluding hydrogens is 208 g/mol. The van der Waals surface area contributed by atoms with E-state index in [1.807, 2.05) is 54.7 Å². The highest BCUT2D eigenvalue weighted by Crippen LogP contribution is 2.27. The molecule has 3 aromatic rings. The van der Waals surface area contributed by atoms with E-state index in [-0.39, 0.29) is 0 Å². The minimum Gasteiger partial charge on any atom is -0.301 e. The van der Waals surface area contributed by atoms with Gasteiger partial charge in [-0.2, -0.15) is 0 Å². The smallest absolute Gasteiger partial charge is 0.0708 e. The lowest BCUT2D eigenvalue weighted by molar-refractivity contribution is 1.41. The summed E-state index contributed by atoms with van der Waals surface area (Å²) in [7, 11) is 0. The molecular formula is C15H11N2. The van der Waals surface area contributed by atoms with E-state index >= 15 is 0 Å². The van der Waals surface area contributed by atoms with E-state index < -0.39 is 0 Å². The third-order valence-corrected chi connectivity index (χ3v) is 2.84. The summed E-state index contributed by atoms with van der Waals surface area (Å²) in [5.74, 6) is 0. The van der Waals surface area contributed by atoms with Crippen LogP contribution in [-0.4, -0.2) is 4.98 Å². The summed E-state index contributed by atoms with van der Waals surface area (Å²) in [6, 6.07) is 17.7. The lowest BCUT2D eigenvalue weighted by Crippen LogP contribution is -1.83. The Morgan fingerprint density at radius 2 is 1.59 bits per heavy atom. The zero-order valence-corrected chi connectivity index (χ0v) is 9.22. The second kappa shape index (κ2) is 3.91. The number of pyridine rings is 1. The number of fused-ring (bicyclic) bond motifs is 1. The zero-order valence-electron chi connectivity index (χ0n) is 9.22. The summed E-state index contributed by atoms with van der Waals surface area (Å²) in [6.07, 6.45) is 1.83. The van der Waals surface area contributed by atoms with Gasteiger partial charge >= 0.3 is 0 Å². The molecule has 0 saturated heterocycles. The minimum absolute atomic E-state index is 0.534. The summed E-state index contributed by atoms with van der Waals surface area (Å²) in [5, 5.41) is 1.15. The van der Waals surface area contributed by atoms with Gasteiger partial charge in [-0.25, -0.2) is 0 Å². The molecule has 0 atom stereocenters. The average Bonchev–Trinajstić information content (AvgIpc) is 2.39. The van der Waals surface area contributed by atoms with Crippen LogP contribution >= 0.6 is 0 Å². The maximum Gasteiger partial charge on any atom is 0.0708 e. The Morgan fingerprint density at radius 3 is 2.41 bits per heavy atom. The van der Waals surface area contributed by atoms with Gasteiger partial charge in [-0.05, 0) is 35.4 Å². The number of benzene rings is 2. The fraction of sp³-hybridized carbons (Fsp3) is 0. The number of para-hydroxylation sites is 1. The van der Waals surface area contributed by atoms with Crippen LogP contribution in [0.1, 0.15) is 0 Å². The highest BCUT2D eigenvalue weighted by molar-refractivity contribution is 5.94. The highest BCUT2D eigenvalue weighted by Gasteiger charge is 2.03. The Hall–Kier alpha value is -2.35. The quantitative estimate of drug-likeness (QED) is 0.613. The van der Waals surface area contributed by atoms with Gasteiger partial charge in [-0.15, -0.1) is 0 Å². The Labute approximate surface area is 99.7 Å². The molecule has 1 N–H and O–H groups in total. The number of nitrogens with one attached hydrogen (secondary N) is 1. The van der Waals surface area contributed by atoms with E-state index in [9.17, 15) is 0 Å². The van der Waals surface area contributed by atoms with Crippen molar-refractivity contribution in [3.05, 3.63) is 60.8 Å². The SMILES string of the molecule is [NH]c1ccc(-c2ccnc3ccccc23)cc1. The molecule has 1 aromatic heterocycles. The first kappa shape index (κ1) is 9.85. The Morgan fingerprint density at radius 1 is 0.824 bits per heavy atom. The fourth-order valence-electron chi connectivity index (χ4n) is 2.00. The number of rotatable bonds is 1. The first-order valence-corrected chi connectivity index (χ1v) is 5.50. The first-order chi connectivity index (χ1) is 8.34. The van der Waals surface area contributed by atoms with Crippen LogP contribution in [0, 0.1) is 0 Å². The highest BCUT2D eigenvalue weighted by atomic mass is 14.6. The molecule has 17 heavy (non-hydrogen) atoms. The van der Waals surface area contributed by atoms with Crippen molar-refractivity contribution < 1.29 is 0 Å². The van der Waals surface area contributed by atoms with Gasteiger partial charge in [-0.3, -0.25) is 4.98 Å². The molecule has 0 fully saturated rings. The topological polar surface area (TPSA) is 36.7 Å². The minimum atomic E-state index is 0.534. The molecule has 0 amide bonds. The van der Waals surface area contributed by atoms with E-state index in [2.05, 4.69) is 11.1 Å². The van der Waals surface area contributed by atoms with Gasteiger partial charge < -0.3 is 5.73 Å². The molecule has 0 aliphatic rings. The predicted molar refractivity (Wildman–Crippen MR) is 69.9 cm³/mol. The first-order valence-electron chi connectivity index (χ1n) is 5.50. The van der Waals surface area contributed by atoms with Gasteiger partial charge in [0.25, 0.3) is 0 Å². The van der Waals surface area contributed by atoms with Crippen LogP contribution in [0.2, 0.25) is 0 Å². The molecule has 2 heteroatoms. The standard InChI is InChI=1S/C15H11N2/c16-12-7-5-11(6-8-12)13-9-10-17-15-4-2-1-3-14(13)15/h1-10,16H. The second-order valence-electron chi connectivity index (χ2n) is 3.95. The van der Waals surface area contributed by atoms with Gasteiger partial charge in [0.2, 0.25) is 0 Å². The number of hydrogen-bond donors (Lipinski definition) is 0. The molecule has 0 saturated carbocycles. The third-order valence-electron chi connectivity index (χ3n) is 2.84. The lowest BCUT2D eigenvalue weighted by atomic mass is 10.0. The number of hydrogen-bond acceptors (Lipinski definition) is 1. The molecule has 0 unspecified atom stereocenters. The second-order valence-corrected chi connectivity index (χ2v) is 3.95. The van der Waals surface area contributed by atoms with E-state index in [0.717, 1.165) is 22.0 Å². The summed E-state index contributed by atoms with van der Waals surface area (Å²) in [4.78, 5) is 4.35. The molecule has 0 spiro atoms. The van der Waals surface area contributed by atoms with Gasteiger partial charge in [0.15, 0.2) is 0 Å². The Kier molecular flexibility index (Phi) is 2.26. The van der Waals surface area contributed by atoms with Crippen LogP contribution in [0.5, 0.6) is 0 Å². The average molecular weight is 219 g/mol. The number of aromatic nitrogens is 1. The van der Waals surface area contributed by atoms with Crippen molar-refractivity contribution in [1.82, 2.24) is 10.7 Å². The molecule has 2 nitrogen and oxygen atoms in total. The maximum atomic E-state index is 7.50. The van der Waals surface area contributed by atoms with Crippen LogP contribution in [0.4, 0.5) is 5.69 Å². The van der Waals surface area contributed by atoms with Crippen molar-refractivity contribution in [2.45, 2.75) is 0 Å². The molecule has 0 aliphatic heterocycles. The van der Waals surface area contributed by atoms with Gasteiger partial charge in [0.1, 0.15) is 0 Å². The summed E-state index contributed by atoms with van der Waals surface area (Å²) in [5.41, 5.74) is 11.3. The Bertz CT molecular complexity index is 652. The third kappa shape index (κ3) is 1.74. The number of nitrogens with zero attached hydrogens (tertiary/aromatic N) is 1. The van der Waals surface area contributed by atoms with E-state index in [4.69, 9.17) is 5.73 Å². The van der Waals surface area contributed by atoms with Crippen molar-refractivity contribution in [2.24, 2.45) is 0 Å². The zero-order chi connectivity index (χ0) is 11.7. The fourth-order valence-corrected chi connectivity index (χ4v) is 2.00. The largest absolute Gasteiger partial charge is 0.301 e. The van der Waals surface area contributed by atoms with Crippen LogP contribution in [-0.2, 0) is 0 Å². The van der Waals surface area contributed by atoms with E-state index in [1.54, 1.807) is 0 Å². The molecule has 0 bridgehead atoms. The van der Waals surface area contributed by atoms with Crippen LogP contribution in [0.3, 0.4) is 0 Å². The molecule has 81 valence electrons. The van der Waals surface area contributed by atoms with Gasteiger partial charge in [0.05, 0.1) is 11.2 Å². The van der Waals surface area contributed by atoms with Crippen molar-refractivity contribution in [3.63, 3.8) is 0 Å². The van der Waals surface area contributed by atoms with Gasteiger partial charge in [0, 0.05) is 11.6 Å². The van der Waals surface area contributed by atoms with Crippen LogP contribution < -0.4 is 5.73 Å². The van der Waals surface area contributed by atoms with Crippen molar-refractivity contribution >= 4 is 16.6 Å². The molecule has 1 radical (unpaired) electrons. The maximum absolute atomic E-state index is 7.50. The molecule has 1 heterocycles. The monoisotopic (exact) mass is 219 g/mol. The van der Waals surface area contributed by atoms with E-state index in [0.29, 0.717) is 5.69 Å². The van der Waals surface area contributed by atoms with Gasteiger partial charge in [-0.1, -0.05) is 30.3 Å². The molecule has 3 rings (SSSR count). The summed E-state index contributed by atoms with van der Waals surface area (Å²) in [6.45, 7) is 0. The normalized spacial score (nSPS) is 10.6. The predicted octanol–water partition coefficient (Wildman–Crippen LogP) is 3.82. The van der Waals surface area contributed by atoms with Crippen LogP contribution in [0.15, 0.2) is 60.8 Å². The molecule has 2 aromatic carbocycles. The van der Waals surface area contributed by atoms with Crippen molar-refractivity contribution in [3.8, 4) is 11.1 Å². The Balaban J connectivity index is 2.27. The van der Waals surface area contributed by atoms with Crippen LogP contribution in [0.25, 0.3) is 22.0 Å². The lowest BCUT2D eigenvalue weighted by Gasteiger charge is -2.06. The van der Waals surface area contributed by atoms with Crippen molar-refractivity contribution in [1.29, 1.82) is 0 Å². The summed E-state index contributed by atoms with van der Waals surface area (Å²) >= 11 is 0. The summed E-state index contributed by atoms with van der Waals surface area (Å²) < 4.78 is 0.